The van der Waals surface area contributed by atoms with Gasteiger partial charge in [-0.2, -0.15) is 0 Å². The Morgan fingerprint density at radius 3 is 2.86 bits per heavy atom. The molecule has 3 nitrogen and oxygen atoms in total. The summed E-state index contributed by atoms with van der Waals surface area (Å²) < 4.78 is 0. The molecule has 0 spiro atoms. The van der Waals surface area contributed by atoms with E-state index in [0.29, 0.717) is 0 Å². The molecular formula is C11H18N2O. The third kappa shape index (κ3) is 3.09. The quantitative estimate of drug-likeness (QED) is 0.746. The summed E-state index contributed by atoms with van der Waals surface area (Å²) in [6.45, 7) is 4.32. The lowest BCUT2D eigenvalue weighted by molar-refractivity contribution is 0.230. The molecule has 0 bridgehead atoms. The highest BCUT2D eigenvalue weighted by atomic mass is 16.3. The predicted octanol–water partition coefficient (Wildman–Crippen LogP) is 1.50. The van der Waals surface area contributed by atoms with Gasteiger partial charge < -0.3 is 10.4 Å². The van der Waals surface area contributed by atoms with Crippen molar-refractivity contribution in [3.63, 3.8) is 0 Å². The smallest absolute Gasteiger partial charge is 0.0584 e. The Balaban J connectivity index is 2.54. The first-order valence-electron chi connectivity index (χ1n) is 5.04. The Kier molecular flexibility index (Phi) is 4.56. The standard InChI is InChI=1S/C11H18N2O/c1-3-11(8-14)13-9(2)10-5-4-6-12-7-10/h4-7,9,11,13-14H,3,8H2,1-2H3/t9?,11-/m0/s1. The minimum Gasteiger partial charge on any atom is -0.395 e. The second kappa shape index (κ2) is 5.73. The van der Waals surface area contributed by atoms with E-state index in [1.54, 1.807) is 6.20 Å². The van der Waals surface area contributed by atoms with Gasteiger partial charge in [0.1, 0.15) is 0 Å². The number of aliphatic hydroxyl groups excluding tert-OH is 1. The van der Waals surface area contributed by atoms with Crippen molar-refractivity contribution in [2.24, 2.45) is 0 Å². The molecule has 1 unspecified atom stereocenters. The van der Waals surface area contributed by atoms with Crippen LogP contribution in [0.1, 0.15) is 31.9 Å². The largest absolute Gasteiger partial charge is 0.395 e. The van der Waals surface area contributed by atoms with Crippen molar-refractivity contribution in [2.75, 3.05) is 6.61 Å². The predicted molar refractivity (Wildman–Crippen MR) is 57.0 cm³/mol. The van der Waals surface area contributed by atoms with Gasteiger partial charge >= 0.3 is 0 Å². The average molecular weight is 194 g/mol. The van der Waals surface area contributed by atoms with Gasteiger partial charge in [-0.15, -0.1) is 0 Å². The molecule has 0 radical (unpaired) electrons. The Morgan fingerprint density at radius 2 is 2.36 bits per heavy atom. The van der Waals surface area contributed by atoms with Gasteiger partial charge in [0.25, 0.3) is 0 Å². The maximum atomic E-state index is 9.04. The van der Waals surface area contributed by atoms with Gasteiger partial charge in [-0.1, -0.05) is 13.0 Å². The number of hydrogen-bond donors (Lipinski definition) is 2. The fraction of sp³-hybridized carbons (Fsp3) is 0.545. The van der Waals surface area contributed by atoms with Crippen LogP contribution in [-0.4, -0.2) is 22.7 Å². The number of pyridine rings is 1. The first-order valence-corrected chi connectivity index (χ1v) is 5.04. The van der Waals surface area contributed by atoms with Crippen molar-refractivity contribution in [1.82, 2.24) is 10.3 Å². The number of nitrogens with zero attached hydrogens (tertiary/aromatic N) is 1. The summed E-state index contributed by atoms with van der Waals surface area (Å²) >= 11 is 0. The molecule has 1 rings (SSSR count). The number of aliphatic hydroxyl groups is 1. The van der Waals surface area contributed by atoms with E-state index in [1.807, 2.05) is 18.3 Å². The van der Waals surface area contributed by atoms with E-state index < -0.39 is 0 Å². The molecule has 1 heterocycles. The molecule has 0 saturated carbocycles. The second-order valence-electron chi connectivity index (χ2n) is 3.46. The Hall–Kier alpha value is -0.930. The monoisotopic (exact) mass is 194 g/mol. The zero-order valence-corrected chi connectivity index (χ0v) is 8.77. The lowest BCUT2D eigenvalue weighted by Gasteiger charge is -2.20. The van der Waals surface area contributed by atoms with Crippen LogP contribution in [0.3, 0.4) is 0 Å². The first-order chi connectivity index (χ1) is 6.77. The summed E-state index contributed by atoms with van der Waals surface area (Å²) in [5.41, 5.74) is 1.15. The first kappa shape index (κ1) is 11.1. The molecule has 0 aromatic carbocycles. The van der Waals surface area contributed by atoms with E-state index in [-0.39, 0.29) is 18.7 Å². The fourth-order valence-electron chi connectivity index (χ4n) is 1.38. The topological polar surface area (TPSA) is 45.1 Å². The lowest BCUT2D eigenvalue weighted by Crippen LogP contribution is -2.33. The summed E-state index contributed by atoms with van der Waals surface area (Å²) in [6.07, 6.45) is 4.54. The molecule has 78 valence electrons. The summed E-state index contributed by atoms with van der Waals surface area (Å²) in [4.78, 5) is 4.06. The summed E-state index contributed by atoms with van der Waals surface area (Å²) in [5, 5.41) is 12.4. The highest BCUT2D eigenvalue weighted by Gasteiger charge is 2.10. The van der Waals surface area contributed by atoms with Gasteiger partial charge in [-0.25, -0.2) is 0 Å². The van der Waals surface area contributed by atoms with Gasteiger partial charge in [-0.05, 0) is 25.0 Å². The number of nitrogens with one attached hydrogen (secondary N) is 1. The van der Waals surface area contributed by atoms with Crippen LogP contribution < -0.4 is 5.32 Å². The van der Waals surface area contributed by atoms with Gasteiger partial charge in [0, 0.05) is 24.5 Å². The van der Waals surface area contributed by atoms with Crippen molar-refractivity contribution in [1.29, 1.82) is 0 Å². The Bertz CT molecular complexity index is 247. The van der Waals surface area contributed by atoms with Crippen molar-refractivity contribution in [3.8, 4) is 0 Å². The third-order valence-corrected chi connectivity index (χ3v) is 2.38. The van der Waals surface area contributed by atoms with E-state index >= 15 is 0 Å². The van der Waals surface area contributed by atoms with Crippen LogP contribution in [0.25, 0.3) is 0 Å². The number of aromatic nitrogens is 1. The lowest BCUT2D eigenvalue weighted by atomic mass is 10.1. The molecule has 2 atom stereocenters. The molecule has 14 heavy (non-hydrogen) atoms. The van der Waals surface area contributed by atoms with Crippen LogP contribution in [-0.2, 0) is 0 Å². The molecule has 0 aliphatic heterocycles. The van der Waals surface area contributed by atoms with Gasteiger partial charge in [0.15, 0.2) is 0 Å². The van der Waals surface area contributed by atoms with E-state index in [9.17, 15) is 0 Å². The van der Waals surface area contributed by atoms with E-state index in [2.05, 4.69) is 24.1 Å². The molecule has 0 aliphatic carbocycles. The van der Waals surface area contributed by atoms with E-state index in [0.717, 1.165) is 12.0 Å². The van der Waals surface area contributed by atoms with Crippen LogP contribution >= 0.6 is 0 Å². The molecular weight excluding hydrogens is 176 g/mol. The van der Waals surface area contributed by atoms with Crippen molar-refractivity contribution in [2.45, 2.75) is 32.4 Å². The minimum absolute atomic E-state index is 0.171. The van der Waals surface area contributed by atoms with Gasteiger partial charge in [0.05, 0.1) is 6.61 Å². The minimum atomic E-state index is 0.171. The summed E-state index contributed by atoms with van der Waals surface area (Å²) in [6, 6.07) is 4.37. The zero-order valence-electron chi connectivity index (χ0n) is 8.77. The highest BCUT2D eigenvalue weighted by molar-refractivity contribution is 5.12. The maximum absolute atomic E-state index is 9.04. The SMILES string of the molecule is CC[C@@H](CO)NC(C)c1cccnc1. The molecule has 0 saturated heterocycles. The fourth-order valence-corrected chi connectivity index (χ4v) is 1.38. The average Bonchev–Trinajstić information content (AvgIpc) is 2.26. The van der Waals surface area contributed by atoms with Crippen LogP contribution in [0.15, 0.2) is 24.5 Å². The Labute approximate surface area is 85.2 Å². The molecule has 0 fully saturated rings. The number of rotatable bonds is 5. The highest BCUT2D eigenvalue weighted by Crippen LogP contribution is 2.11. The molecule has 3 heteroatoms. The maximum Gasteiger partial charge on any atom is 0.0584 e. The number of hydrogen-bond acceptors (Lipinski definition) is 3. The van der Waals surface area contributed by atoms with Gasteiger partial charge in [0.2, 0.25) is 0 Å². The van der Waals surface area contributed by atoms with Crippen LogP contribution in [0, 0.1) is 0 Å². The van der Waals surface area contributed by atoms with E-state index in [4.69, 9.17) is 5.11 Å². The Morgan fingerprint density at radius 1 is 1.57 bits per heavy atom. The third-order valence-electron chi connectivity index (χ3n) is 2.38. The van der Waals surface area contributed by atoms with Crippen LogP contribution in [0.4, 0.5) is 0 Å². The summed E-state index contributed by atoms with van der Waals surface area (Å²) in [5.74, 6) is 0. The van der Waals surface area contributed by atoms with Crippen molar-refractivity contribution < 1.29 is 5.11 Å². The molecule has 2 N–H and O–H groups in total. The molecule has 1 aromatic rings. The van der Waals surface area contributed by atoms with Crippen molar-refractivity contribution >= 4 is 0 Å². The van der Waals surface area contributed by atoms with Crippen molar-refractivity contribution in [3.05, 3.63) is 30.1 Å². The zero-order chi connectivity index (χ0) is 10.4. The second-order valence-corrected chi connectivity index (χ2v) is 3.46. The normalized spacial score (nSPS) is 15.1. The van der Waals surface area contributed by atoms with Crippen LogP contribution in [0.5, 0.6) is 0 Å². The van der Waals surface area contributed by atoms with Crippen LogP contribution in [0.2, 0.25) is 0 Å². The van der Waals surface area contributed by atoms with E-state index in [1.165, 1.54) is 0 Å². The summed E-state index contributed by atoms with van der Waals surface area (Å²) in [7, 11) is 0. The molecule has 0 amide bonds. The molecule has 0 aliphatic rings. The molecule has 1 aromatic heterocycles. The van der Waals surface area contributed by atoms with Gasteiger partial charge in [-0.3, -0.25) is 4.98 Å².